The van der Waals surface area contributed by atoms with E-state index in [1.807, 2.05) is 0 Å². The Morgan fingerprint density at radius 2 is 1.76 bits per heavy atom. The number of rotatable bonds is 5. The average Bonchev–Trinajstić information content (AvgIpc) is 2.42. The summed E-state index contributed by atoms with van der Waals surface area (Å²) in [6, 6.07) is 6.93. The fourth-order valence-electron chi connectivity index (χ4n) is 3.26. The van der Waals surface area contributed by atoms with Gasteiger partial charge in [0.05, 0.1) is 0 Å². The topological polar surface area (TPSA) is 32.5 Å². The highest BCUT2D eigenvalue weighted by Crippen LogP contribution is 2.23. The van der Waals surface area contributed by atoms with Gasteiger partial charge in [0.15, 0.2) is 0 Å². The minimum Gasteiger partial charge on any atom is -0.369 e. The third-order valence-electron chi connectivity index (χ3n) is 4.56. The molecule has 0 radical (unpaired) electrons. The van der Waals surface area contributed by atoms with Crippen molar-refractivity contribution in [3.63, 3.8) is 0 Å². The molecule has 0 bridgehead atoms. The number of hydrogen-bond acceptors (Lipinski definition) is 3. The molecule has 1 aliphatic rings. The lowest BCUT2D eigenvalue weighted by molar-refractivity contribution is 0.233. The number of benzene rings is 1. The molecule has 0 spiro atoms. The van der Waals surface area contributed by atoms with E-state index in [-0.39, 0.29) is 0 Å². The first-order valence-electron chi connectivity index (χ1n) is 8.26. The molecular formula is C18H31N3. The maximum atomic E-state index is 6.24. The number of anilines is 1. The average molecular weight is 289 g/mol. The summed E-state index contributed by atoms with van der Waals surface area (Å²) in [5.41, 5.74) is 10.4. The summed E-state index contributed by atoms with van der Waals surface area (Å²) in [7, 11) is 0. The van der Waals surface area contributed by atoms with Crippen LogP contribution in [0.1, 0.15) is 31.4 Å². The molecule has 1 aliphatic heterocycles. The van der Waals surface area contributed by atoms with Crippen molar-refractivity contribution >= 4 is 5.69 Å². The Kier molecular flexibility index (Phi) is 5.65. The molecule has 1 heterocycles. The standard InChI is InChI=1S/C18H31N3/c1-14(2)12-17(19)13-20-8-10-21(11-9-20)18-7-5-6-15(3)16(18)4/h5-7,14,17H,8-13,19H2,1-4H3/t17-/m0/s1. The van der Waals surface area contributed by atoms with Gasteiger partial charge in [-0.1, -0.05) is 26.0 Å². The van der Waals surface area contributed by atoms with Gasteiger partial charge in [0, 0.05) is 44.5 Å². The van der Waals surface area contributed by atoms with E-state index in [4.69, 9.17) is 5.73 Å². The van der Waals surface area contributed by atoms with Crippen LogP contribution in [0, 0.1) is 19.8 Å². The van der Waals surface area contributed by atoms with Crippen LogP contribution in [-0.2, 0) is 0 Å². The van der Waals surface area contributed by atoms with Crippen molar-refractivity contribution in [1.82, 2.24) is 4.90 Å². The molecule has 2 N–H and O–H groups in total. The van der Waals surface area contributed by atoms with E-state index in [0.29, 0.717) is 12.0 Å². The van der Waals surface area contributed by atoms with Gasteiger partial charge in [-0.3, -0.25) is 4.90 Å². The van der Waals surface area contributed by atoms with Gasteiger partial charge in [-0.15, -0.1) is 0 Å². The summed E-state index contributed by atoms with van der Waals surface area (Å²) < 4.78 is 0. The van der Waals surface area contributed by atoms with Crippen LogP contribution in [0.25, 0.3) is 0 Å². The Labute approximate surface area is 130 Å². The van der Waals surface area contributed by atoms with Crippen LogP contribution >= 0.6 is 0 Å². The number of nitrogens with zero attached hydrogens (tertiary/aromatic N) is 2. The largest absolute Gasteiger partial charge is 0.369 e. The fourth-order valence-corrected chi connectivity index (χ4v) is 3.26. The zero-order valence-corrected chi connectivity index (χ0v) is 14.1. The molecule has 0 aliphatic carbocycles. The molecule has 0 aromatic heterocycles. The Balaban J connectivity index is 1.87. The normalized spacial score (nSPS) is 18.3. The van der Waals surface area contributed by atoms with E-state index in [2.05, 4.69) is 55.7 Å². The molecule has 0 unspecified atom stereocenters. The van der Waals surface area contributed by atoms with E-state index in [0.717, 1.165) is 39.1 Å². The van der Waals surface area contributed by atoms with Gasteiger partial charge in [-0.05, 0) is 43.4 Å². The SMILES string of the molecule is Cc1cccc(N2CCN(C[C@@H](N)CC(C)C)CC2)c1C. The molecule has 1 fully saturated rings. The summed E-state index contributed by atoms with van der Waals surface area (Å²) in [5, 5.41) is 0. The molecule has 118 valence electrons. The second-order valence-corrected chi connectivity index (χ2v) is 6.90. The minimum atomic E-state index is 0.317. The molecule has 1 saturated heterocycles. The highest BCUT2D eigenvalue weighted by Gasteiger charge is 2.20. The molecule has 3 nitrogen and oxygen atoms in total. The van der Waals surface area contributed by atoms with Crippen molar-refractivity contribution in [2.24, 2.45) is 11.7 Å². The van der Waals surface area contributed by atoms with E-state index >= 15 is 0 Å². The van der Waals surface area contributed by atoms with Crippen molar-refractivity contribution in [2.45, 2.75) is 40.2 Å². The lowest BCUT2D eigenvalue weighted by atomic mass is 10.0. The highest BCUT2D eigenvalue weighted by molar-refractivity contribution is 5.56. The smallest absolute Gasteiger partial charge is 0.0399 e. The van der Waals surface area contributed by atoms with Crippen molar-refractivity contribution in [3.8, 4) is 0 Å². The fraction of sp³-hybridized carbons (Fsp3) is 0.667. The molecular weight excluding hydrogens is 258 g/mol. The Morgan fingerprint density at radius 1 is 1.10 bits per heavy atom. The zero-order valence-electron chi connectivity index (χ0n) is 14.1. The lowest BCUT2D eigenvalue weighted by Crippen LogP contribution is -2.50. The number of hydrogen-bond donors (Lipinski definition) is 1. The molecule has 1 atom stereocenters. The number of nitrogens with two attached hydrogens (primary N) is 1. The van der Waals surface area contributed by atoms with E-state index in [1.54, 1.807) is 0 Å². The summed E-state index contributed by atoms with van der Waals surface area (Å²) >= 11 is 0. The number of aryl methyl sites for hydroxylation is 1. The Hall–Kier alpha value is -1.06. The third kappa shape index (κ3) is 4.45. The molecule has 0 amide bonds. The predicted molar refractivity (Wildman–Crippen MR) is 92.0 cm³/mol. The predicted octanol–water partition coefficient (Wildman–Crippen LogP) is 2.80. The van der Waals surface area contributed by atoms with Gasteiger partial charge in [-0.2, -0.15) is 0 Å². The molecule has 3 heteroatoms. The zero-order chi connectivity index (χ0) is 15.4. The molecule has 2 rings (SSSR count). The second kappa shape index (κ2) is 7.28. The van der Waals surface area contributed by atoms with Crippen LogP contribution in [0.3, 0.4) is 0 Å². The van der Waals surface area contributed by atoms with Crippen LogP contribution in [0.4, 0.5) is 5.69 Å². The quantitative estimate of drug-likeness (QED) is 0.904. The molecule has 0 saturated carbocycles. The van der Waals surface area contributed by atoms with Crippen LogP contribution in [-0.4, -0.2) is 43.7 Å². The second-order valence-electron chi connectivity index (χ2n) is 6.90. The summed E-state index contributed by atoms with van der Waals surface area (Å²) in [6.07, 6.45) is 1.12. The van der Waals surface area contributed by atoms with Crippen LogP contribution < -0.4 is 10.6 Å². The van der Waals surface area contributed by atoms with Gasteiger partial charge in [0.25, 0.3) is 0 Å². The van der Waals surface area contributed by atoms with E-state index in [1.165, 1.54) is 16.8 Å². The van der Waals surface area contributed by atoms with Crippen molar-refractivity contribution in [1.29, 1.82) is 0 Å². The lowest BCUT2D eigenvalue weighted by Gasteiger charge is -2.38. The van der Waals surface area contributed by atoms with E-state index < -0.39 is 0 Å². The van der Waals surface area contributed by atoms with Gasteiger partial charge in [0.1, 0.15) is 0 Å². The summed E-state index contributed by atoms with van der Waals surface area (Å²) in [4.78, 5) is 5.04. The number of piperazine rings is 1. The maximum absolute atomic E-state index is 6.24. The van der Waals surface area contributed by atoms with Crippen LogP contribution in [0.15, 0.2) is 18.2 Å². The van der Waals surface area contributed by atoms with Gasteiger partial charge >= 0.3 is 0 Å². The maximum Gasteiger partial charge on any atom is 0.0399 e. The molecule has 21 heavy (non-hydrogen) atoms. The van der Waals surface area contributed by atoms with Crippen molar-refractivity contribution in [2.75, 3.05) is 37.6 Å². The van der Waals surface area contributed by atoms with E-state index in [9.17, 15) is 0 Å². The Bertz CT molecular complexity index is 448. The molecule has 1 aromatic carbocycles. The first-order chi connectivity index (χ1) is 9.97. The highest BCUT2D eigenvalue weighted by atomic mass is 15.3. The van der Waals surface area contributed by atoms with Crippen LogP contribution in [0.5, 0.6) is 0 Å². The minimum absolute atomic E-state index is 0.317. The van der Waals surface area contributed by atoms with Gasteiger partial charge < -0.3 is 10.6 Å². The summed E-state index contributed by atoms with van der Waals surface area (Å²) in [6.45, 7) is 14.4. The van der Waals surface area contributed by atoms with Gasteiger partial charge in [-0.25, -0.2) is 0 Å². The monoisotopic (exact) mass is 289 g/mol. The van der Waals surface area contributed by atoms with Crippen molar-refractivity contribution in [3.05, 3.63) is 29.3 Å². The third-order valence-corrected chi connectivity index (χ3v) is 4.56. The molecule has 1 aromatic rings. The van der Waals surface area contributed by atoms with Gasteiger partial charge in [0.2, 0.25) is 0 Å². The van der Waals surface area contributed by atoms with Crippen molar-refractivity contribution < 1.29 is 0 Å². The first kappa shape index (κ1) is 16.3. The first-order valence-corrected chi connectivity index (χ1v) is 8.26. The Morgan fingerprint density at radius 3 is 2.38 bits per heavy atom. The summed E-state index contributed by atoms with van der Waals surface area (Å²) in [5.74, 6) is 0.691. The van der Waals surface area contributed by atoms with Crippen LogP contribution in [0.2, 0.25) is 0 Å².